The maximum absolute atomic E-state index is 2.30. The summed E-state index contributed by atoms with van der Waals surface area (Å²) in [4.78, 5) is 0. The Morgan fingerprint density at radius 1 is 0.0505 bits per heavy atom. The highest BCUT2D eigenvalue weighted by Gasteiger charge is 2.00. The Bertz CT molecular complexity index is 1040. The average Bonchev–Trinajstić information content (AvgIpc) is 3.64. The van der Waals surface area contributed by atoms with Crippen LogP contribution in [-0.2, 0) is 0 Å². The van der Waals surface area contributed by atoms with Gasteiger partial charge in [0, 0.05) is 0 Å². The van der Waals surface area contributed by atoms with Crippen LogP contribution in [0.1, 0.15) is 642 Å². The van der Waals surface area contributed by atoms with Crippen molar-refractivity contribution < 1.29 is 0 Å². The first-order valence-corrected chi connectivity index (χ1v) is 49.0. The molecule has 99 heavy (non-hydrogen) atoms. The number of unbranched alkanes of at least 4 members (excludes halogenated alkanes) is 81. The van der Waals surface area contributed by atoms with Gasteiger partial charge in [0.15, 0.2) is 0 Å². The fourth-order valence-electron chi connectivity index (χ4n) is 14.1. The summed E-state index contributed by atoms with van der Waals surface area (Å²) in [6.45, 7) is 27.5. The first-order valence-electron chi connectivity index (χ1n) is 49.0. The molecule has 0 saturated heterocycles. The van der Waals surface area contributed by atoms with Crippen LogP contribution >= 0.6 is 0 Å². The van der Waals surface area contributed by atoms with Crippen molar-refractivity contribution in [2.75, 3.05) is 0 Å². The molecule has 0 N–H and O–H groups in total. The fraction of sp³-hybridized carbons (Fsp3) is 1.00. The van der Waals surface area contributed by atoms with E-state index in [2.05, 4.69) is 83.1 Å². The minimum atomic E-state index is 1.37. The Morgan fingerprint density at radius 2 is 0.0808 bits per heavy atom. The normalized spacial score (nSPS) is 10.9. The second-order valence-electron chi connectivity index (χ2n) is 32.5. The monoisotopic (exact) mass is 1400 g/mol. The maximum atomic E-state index is 2.30. The maximum Gasteiger partial charge on any atom is -0.0533 e. The lowest BCUT2D eigenvalue weighted by molar-refractivity contribution is 0.529. The molecule has 0 radical (unpaired) electrons. The minimum absolute atomic E-state index is 1.37. The van der Waals surface area contributed by atoms with Crippen molar-refractivity contribution in [2.45, 2.75) is 642 Å². The second kappa shape index (κ2) is 122. The van der Waals surface area contributed by atoms with Gasteiger partial charge < -0.3 is 0 Å². The van der Waals surface area contributed by atoms with Crippen LogP contribution in [0, 0.1) is 0 Å². The predicted molar refractivity (Wildman–Crippen MR) is 470 cm³/mol. The third-order valence-corrected chi connectivity index (χ3v) is 21.5. The molecule has 0 aliphatic rings. The van der Waals surface area contributed by atoms with Gasteiger partial charge in [0.1, 0.15) is 0 Å². The van der Waals surface area contributed by atoms with E-state index in [4.69, 9.17) is 0 Å². The van der Waals surface area contributed by atoms with Gasteiger partial charge in [-0.1, -0.05) is 642 Å². The van der Waals surface area contributed by atoms with Crippen molar-refractivity contribution in [2.24, 2.45) is 0 Å². The molecule has 0 aromatic rings. The molecule has 0 fully saturated rings. The highest BCUT2D eigenvalue weighted by atomic mass is 14.1. The van der Waals surface area contributed by atoms with Crippen LogP contribution in [0.15, 0.2) is 0 Å². The summed E-state index contributed by atoms with van der Waals surface area (Å²) in [6, 6.07) is 0. The zero-order valence-electron chi connectivity index (χ0n) is 73.5. The van der Waals surface area contributed by atoms with Crippen LogP contribution in [-0.4, -0.2) is 0 Å². The van der Waals surface area contributed by atoms with Crippen LogP contribution in [0.4, 0.5) is 0 Å². The molecule has 0 nitrogen and oxygen atoms in total. The van der Waals surface area contributed by atoms with Crippen LogP contribution in [0.2, 0.25) is 0 Å². The topological polar surface area (TPSA) is 0 Å². The van der Waals surface area contributed by atoms with Gasteiger partial charge in [-0.15, -0.1) is 0 Å². The molecule has 0 atom stereocenters. The van der Waals surface area contributed by atoms with Crippen LogP contribution in [0.5, 0.6) is 0 Å². The quantitative estimate of drug-likeness (QED) is 0.0533. The second-order valence-corrected chi connectivity index (χ2v) is 32.5. The van der Waals surface area contributed by atoms with E-state index in [1.165, 1.54) is 559 Å². The van der Waals surface area contributed by atoms with Crippen molar-refractivity contribution in [1.29, 1.82) is 0 Å². The summed E-state index contributed by atoms with van der Waals surface area (Å²) in [5, 5.41) is 0. The standard InChI is InChI=1S/C19H40.C18H38.C17H36.C16H34.C15H32.C14H30/c1-3-5-7-9-11-13-15-17-19-18-16-14-12-10-8-6-4-2;1-3-5-7-9-11-13-15-17-18-16-14-12-10-8-6-4-2;1-3-5-7-9-11-13-15-17-16-14-12-10-8-6-4-2;1-3-5-7-9-11-13-15-16-14-12-10-8-6-4-2;1-3-5-7-9-11-13-15-14-12-10-8-6-4-2;1-3-5-7-9-11-13-14-12-10-8-6-4-2/h3-19H2,1-2H3;3-18H2,1-2H3;3-17H2,1-2H3;3-16H2,1-2H3;3-15H2,1-2H3;3-14H2,1-2H3. The molecule has 0 bridgehead atoms. The molecule has 0 amide bonds. The Hall–Kier alpha value is 0. The van der Waals surface area contributed by atoms with E-state index >= 15 is 0 Å². The molecule has 606 valence electrons. The SMILES string of the molecule is CCCCCCCCCCCCCC.CCCCCCCCCCCCCCC.CCCCCCCCCCCCCCCC.CCCCCCCCCCCCCCCCC.CCCCCCCCCCCCCCCCCC.CCCCCCCCCCCCCCCCCCC. The van der Waals surface area contributed by atoms with Gasteiger partial charge in [-0.3, -0.25) is 0 Å². The Kier molecular flexibility index (Phi) is 135. The van der Waals surface area contributed by atoms with Crippen LogP contribution in [0.25, 0.3) is 0 Å². The van der Waals surface area contributed by atoms with Gasteiger partial charge in [0.2, 0.25) is 0 Å². The lowest BCUT2D eigenvalue weighted by atomic mass is 10.0. The molecule has 0 spiro atoms. The molecule has 0 aromatic heterocycles. The van der Waals surface area contributed by atoms with E-state index in [9.17, 15) is 0 Å². The van der Waals surface area contributed by atoms with Crippen LogP contribution in [0.3, 0.4) is 0 Å². The molecule has 0 aliphatic heterocycles. The van der Waals surface area contributed by atoms with Gasteiger partial charge in [-0.05, 0) is 0 Å². The summed E-state index contributed by atoms with van der Waals surface area (Å²) in [7, 11) is 0. The Balaban J connectivity index is -0.000000263. The number of hydrogen-bond donors (Lipinski definition) is 0. The molecule has 0 aliphatic carbocycles. The molecule has 0 saturated carbocycles. The molecule has 0 heterocycles. The molecular formula is C99H210. The van der Waals surface area contributed by atoms with Gasteiger partial charge in [0.25, 0.3) is 0 Å². The third-order valence-electron chi connectivity index (χ3n) is 21.5. The molecule has 0 aromatic carbocycles. The van der Waals surface area contributed by atoms with Gasteiger partial charge in [-0.2, -0.15) is 0 Å². The van der Waals surface area contributed by atoms with Gasteiger partial charge in [0.05, 0.1) is 0 Å². The van der Waals surface area contributed by atoms with E-state index in [0.717, 1.165) is 0 Å². The van der Waals surface area contributed by atoms with Gasteiger partial charge in [-0.25, -0.2) is 0 Å². The Labute approximate surface area is 638 Å². The van der Waals surface area contributed by atoms with Crippen molar-refractivity contribution in [3.8, 4) is 0 Å². The number of rotatable bonds is 81. The first-order chi connectivity index (χ1) is 49.0. The van der Waals surface area contributed by atoms with E-state index in [0.29, 0.717) is 0 Å². The van der Waals surface area contributed by atoms with Crippen molar-refractivity contribution in [3.63, 3.8) is 0 Å². The lowest BCUT2D eigenvalue weighted by Gasteiger charge is -2.03. The fourth-order valence-corrected chi connectivity index (χ4v) is 14.1. The molecule has 0 rings (SSSR count). The smallest absolute Gasteiger partial charge is 0.0533 e. The van der Waals surface area contributed by atoms with Crippen LogP contribution < -0.4 is 0 Å². The highest BCUT2D eigenvalue weighted by Crippen LogP contribution is 2.20. The zero-order chi connectivity index (χ0) is 73.5. The zero-order valence-corrected chi connectivity index (χ0v) is 73.5. The molecular weight excluding hydrogens is 1190 g/mol. The first kappa shape index (κ1) is 110. The summed E-state index contributed by atoms with van der Waals surface area (Å²) < 4.78 is 0. The molecule has 0 unspecified atom stereocenters. The largest absolute Gasteiger partial charge is 0.0654 e. The average molecular weight is 1400 g/mol. The van der Waals surface area contributed by atoms with E-state index in [1.54, 1.807) is 0 Å². The minimum Gasteiger partial charge on any atom is -0.0654 e. The highest BCUT2D eigenvalue weighted by molar-refractivity contribution is 4.56. The van der Waals surface area contributed by atoms with Crippen molar-refractivity contribution in [3.05, 3.63) is 0 Å². The van der Waals surface area contributed by atoms with E-state index < -0.39 is 0 Å². The Morgan fingerprint density at radius 3 is 0.111 bits per heavy atom. The summed E-state index contributed by atoms with van der Waals surface area (Å²) in [6.07, 6.45) is 127. The summed E-state index contributed by atoms with van der Waals surface area (Å²) >= 11 is 0. The van der Waals surface area contributed by atoms with E-state index in [1.807, 2.05) is 0 Å². The lowest BCUT2D eigenvalue weighted by Crippen LogP contribution is -1.83. The summed E-state index contributed by atoms with van der Waals surface area (Å²) in [5.41, 5.74) is 0. The predicted octanol–water partition coefficient (Wildman–Crippen LogP) is 40.1. The summed E-state index contributed by atoms with van der Waals surface area (Å²) in [5.74, 6) is 0. The van der Waals surface area contributed by atoms with Crippen molar-refractivity contribution >= 4 is 0 Å². The molecule has 0 heteroatoms. The van der Waals surface area contributed by atoms with E-state index in [-0.39, 0.29) is 0 Å². The van der Waals surface area contributed by atoms with Crippen molar-refractivity contribution in [1.82, 2.24) is 0 Å². The third kappa shape index (κ3) is 138. The van der Waals surface area contributed by atoms with Gasteiger partial charge >= 0.3 is 0 Å². The number of hydrogen-bond acceptors (Lipinski definition) is 0.